The van der Waals surface area contributed by atoms with Gasteiger partial charge in [0.25, 0.3) is 0 Å². The molecule has 0 N–H and O–H groups in total. The molecule has 25 heavy (non-hydrogen) atoms. The molecule has 0 aromatic heterocycles. The number of hydrogen-bond acceptors (Lipinski definition) is 0. The van der Waals surface area contributed by atoms with Crippen LogP contribution in [0.5, 0.6) is 0 Å². The lowest BCUT2D eigenvalue weighted by molar-refractivity contribution is -0.440. The average Bonchev–Trinajstić information content (AvgIpc) is 2.42. The fraction of sp³-hybridized carbons (Fsp3) is 0.833. The molecule has 0 fully saturated rings. The van der Waals surface area contributed by atoms with Gasteiger partial charge in [-0.1, -0.05) is 11.6 Å². The van der Waals surface area contributed by atoms with Gasteiger partial charge < -0.3 is 0 Å². The predicted molar refractivity (Wildman–Crippen MR) is 59.5 cm³/mol. The molecule has 0 aliphatic carbocycles. The molecule has 13 heteroatoms. The fourth-order valence-electron chi connectivity index (χ4n) is 1.46. The number of hydrogen-bond donors (Lipinski definition) is 0. The van der Waals surface area contributed by atoms with E-state index in [2.05, 4.69) is 0 Å². The van der Waals surface area contributed by atoms with Gasteiger partial charge in [-0.2, -0.15) is 57.1 Å². The molecule has 0 amide bonds. The first-order valence-electron chi connectivity index (χ1n) is 6.28. The first-order valence-corrected chi connectivity index (χ1v) is 6.28. The van der Waals surface area contributed by atoms with Crippen LogP contribution in [0, 0.1) is 0 Å². The minimum atomic E-state index is -7.83. The van der Waals surface area contributed by atoms with E-state index in [-0.39, 0.29) is 5.57 Å². The van der Waals surface area contributed by atoms with Gasteiger partial charge in [-0.3, -0.25) is 0 Å². The van der Waals surface area contributed by atoms with E-state index in [1.807, 2.05) is 0 Å². The molecule has 0 spiro atoms. The Kier molecular flexibility index (Phi) is 6.22. The molecule has 0 bridgehead atoms. The topological polar surface area (TPSA) is 0 Å². The third kappa shape index (κ3) is 3.69. The molecule has 0 aliphatic heterocycles. The highest BCUT2D eigenvalue weighted by molar-refractivity contribution is 5.11. The molecule has 0 radical (unpaired) electrons. The van der Waals surface area contributed by atoms with Crippen molar-refractivity contribution in [1.29, 1.82) is 0 Å². The third-order valence-corrected chi connectivity index (χ3v) is 3.32. The molecule has 0 atom stereocenters. The second-order valence-corrected chi connectivity index (χ2v) is 5.13. The Balaban J connectivity index is 6.03. The van der Waals surface area contributed by atoms with Gasteiger partial charge >= 0.3 is 35.8 Å². The van der Waals surface area contributed by atoms with E-state index in [1.54, 1.807) is 0 Å². The summed E-state index contributed by atoms with van der Waals surface area (Å²) in [4.78, 5) is 0. The van der Waals surface area contributed by atoms with E-state index in [0.29, 0.717) is 0 Å². The highest BCUT2D eigenvalue weighted by atomic mass is 19.4. The number of rotatable bonds is 7. The van der Waals surface area contributed by atoms with E-state index in [1.165, 1.54) is 6.92 Å². The Bertz CT molecular complexity index is 498. The Morgan fingerprint density at radius 3 is 1.32 bits per heavy atom. The summed E-state index contributed by atoms with van der Waals surface area (Å²) in [6, 6.07) is 0. The molecule has 0 aromatic rings. The van der Waals surface area contributed by atoms with Crippen LogP contribution in [0.15, 0.2) is 11.6 Å². The van der Waals surface area contributed by atoms with Gasteiger partial charge in [0, 0.05) is 6.42 Å². The van der Waals surface area contributed by atoms with Crippen molar-refractivity contribution in [2.24, 2.45) is 0 Å². The zero-order chi connectivity index (χ0) is 20.7. The van der Waals surface area contributed by atoms with Gasteiger partial charge in [-0.25, -0.2) is 0 Å². The fourth-order valence-corrected chi connectivity index (χ4v) is 1.46. The van der Waals surface area contributed by atoms with Gasteiger partial charge in [0.15, 0.2) is 0 Å². The van der Waals surface area contributed by atoms with Crippen LogP contribution in [0.4, 0.5) is 57.1 Å². The van der Waals surface area contributed by atoms with Gasteiger partial charge in [0.2, 0.25) is 0 Å². The molecule has 0 heterocycles. The summed E-state index contributed by atoms with van der Waals surface area (Å²) >= 11 is 0. The zero-order valence-corrected chi connectivity index (χ0v) is 12.4. The minimum Gasteiger partial charge on any atom is -0.200 e. The van der Waals surface area contributed by atoms with Crippen LogP contribution < -0.4 is 0 Å². The van der Waals surface area contributed by atoms with Gasteiger partial charge in [0.05, 0.1) is 0 Å². The molecule has 0 aliphatic rings. The van der Waals surface area contributed by atoms with Crippen molar-refractivity contribution >= 4 is 0 Å². The molecule has 0 aromatic carbocycles. The van der Waals surface area contributed by atoms with E-state index in [0.717, 1.165) is 13.0 Å². The van der Waals surface area contributed by atoms with Crippen LogP contribution in [0.1, 0.15) is 26.7 Å². The molecule has 0 saturated heterocycles. The van der Waals surface area contributed by atoms with Crippen molar-refractivity contribution in [1.82, 2.24) is 0 Å². The first-order chi connectivity index (χ1) is 10.7. The Labute approximate surface area is 132 Å². The Morgan fingerprint density at radius 2 is 1.00 bits per heavy atom. The first kappa shape index (κ1) is 23.8. The van der Waals surface area contributed by atoms with Crippen LogP contribution in [-0.4, -0.2) is 35.8 Å². The van der Waals surface area contributed by atoms with Crippen molar-refractivity contribution in [2.45, 2.75) is 62.5 Å². The van der Waals surface area contributed by atoms with E-state index >= 15 is 0 Å². The third-order valence-electron chi connectivity index (χ3n) is 3.32. The molecule has 150 valence electrons. The van der Waals surface area contributed by atoms with Gasteiger partial charge in [-0.15, -0.1) is 0 Å². The van der Waals surface area contributed by atoms with Crippen LogP contribution >= 0.6 is 0 Å². The second kappa shape index (κ2) is 6.53. The molecule has 0 saturated carbocycles. The molecule has 0 unspecified atom stereocenters. The summed E-state index contributed by atoms with van der Waals surface area (Å²) in [6.45, 7) is 2.32. The van der Waals surface area contributed by atoms with Crippen LogP contribution in [-0.2, 0) is 0 Å². The zero-order valence-electron chi connectivity index (χ0n) is 12.4. The summed E-state index contributed by atoms with van der Waals surface area (Å²) in [5, 5.41) is 0. The van der Waals surface area contributed by atoms with Crippen molar-refractivity contribution in [3.05, 3.63) is 11.6 Å². The van der Waals surface area contributed by atoms with Crippen molar-refractivity contribution in [2.75, 3.05) is 0 Å². The molecule has 0 nitrogen and oxygen atoms in total. The lowest BCUT2D eigenvalue weighted by Crippen LogP contribution is -2.70. The smallest absolute Gasteiger partial charge is 0.200 e. The molecule has 0 rings (SSSR count). The lowest BCUT2D eigenvalue weighted by atomic mass is 9.91. The summed E-state index contributed by atoms with van der Waals surface area (Å²) in [6.07, 6.45) is -9.50. The second-order valence-electron chi connectivity index (χ2n) is 5.13. The Hall–Kier alpha value is -1.17. The van der Waals surface area contributed by atoms with Gasteiger partial charge in [0.1, 0.15) is 0 Å². The largest absolute Gasteiger partial charge is 0.460 e. The van der Waals surface area contributed by atoms with E-state index in [4.69, 9.17) is 0 Å². The summed E-state index contributed by atoms with van der Waals surface area (Å²) in [7, 11) is 0. The Morgan fingerprint density at radius 1 is 0.640 bits per heavy atom. The highest BCUT2D eigenvalue weighted by Gasteiger charge is 2.90. The summed E-state index contributed by atoms with van der Waals surface area (Å²) < 4.78 is 166. The molecular formula is C12H11F13. The SMILES string of the molecule is CC=C(C)CCC(F)(F)C(F)(F)C(F)(F)C(F)(F)C(F)(F)C(F)(F)F. The maximum Gasteiger partial charge on any atom is 0.460 e. The van der Waals surface area contributed by atoms with Crippen molar-refractivity contribution in [3.8, 4) is 0 Å². The molecular weight excluding hydrogens is 391 g/mol. The summed E-state index contributed by atoms with van der Waals surface area (Å²) in [5.41, 5.74) is -0.0637. The van der Waals surface area contributed by atoms with Gasteiger partial charge in [-0.05, 0) is 20.3 Å². The normalized spacial score (nSPS) is 16.4. The monoisotopic (exact) mass is 402 g/mol. The quantitative estimate of drug-likeness (QED) is 0.338. The van der Waals surface area contributed by atoms with Crippen molar-refractivity contribution in [3.63, 3.8) is 0 Å². The maximum absolute atomic E-state index is 13.3. The number of allylic oxidation sites excluding steroid dienone is 2. The van der Waals surface area contributed by atoms with Crippen LogP contribution in [0.25, 0.3) is 0 Å². The maximum atomic E-state index is 13.3. The lowest BCUT2D eigenvalue weighted by Gasteiger charge is -2.39. The van der Waals surface area contributed by atoms with Crippen LogP contribution in [0.3, 0.4) is 0 Å². The standard InChI is InChI=1S/C12H11F13/c1-3-6(2)4-5-7(13,14)8(15,16)9(17,18)10(19,20)11(21,22)12(23,24)25/h3H,4-5H2,1-2H3. The van der Waals surface area contributed by atoms with E-state index < -0.39 is 48.6 Å². The van der Waals surface area contributed by atoms with E-state index in [9.17, 15) is 57.1 Å². The number of halogens is 13. The number of alkyl halides is 13. The highest BCUT2D eigenvalue weighted by Crippen LogP contribution is 2.60. The average molecular weight is 402 g/mol. The minimum absolute atomic E-state index is 0.0637. The summed E-state index contributed by atoms with van der Waals surface area (Å²) in [5.74, 6) is -36.4. The van der Waals surface area contributed by atoms with Crippen LogP contribution in [0.2, 0.25) is 0 Å². The predicted octanol–water partition coefficient (Wildman–Crippen LogP) is 6.47. The van der Waals surface area contributed by atoms with Crippen molar-refractivity contribution < 1.29 is 57.1 Å².